The van der Waals surface area contributed by atoms with Gasteiger partial charge in [-0.3, -0.25) is 9.97 Å². The fourth-order valence-corrected chi connectivity index (χ4v) is 6.01. The van der Waals surface area contributed by atoms with E-state index in [2.05, 4.69) is 0 Å². The number of rotatable bonds is 6. The summed E-state index contributed by atoms with van der Waals surface area (Å²) in [6.07, 6.45) is -18.8. The maximum absolute atomic E-state index is 13.8. The largest absolute Gasteiger partial charge is 0.416 e. The van der Waals surface area contributed by atoms with Crippen LogP contribution in [0.4, 0.5) is 52.7 Å². The van der Waals surface area contributed by atoms with Crippen molar-refractivity contribution < 1.29 is 52.7 Å². The van der Waals surface area contributed by atoms with Crippen LogP contribution in [0, 0.1) is 0 Å². The monoisotopic (exact) mass is 774 g/mol. The zero-order valence-corrected chi connectivity index (χ0v) is 28.5. The Labute approximate surface area is 306 Å². The number of alkyl halides is 12. The molecule has 55 heavy (non-hydrogen) atoms. The summed E-state index contributed by atoms with van der Waals surface area (Å²) in [7, 11) is 0. The highest BCUT2D eigenvalue weighted by Gasteiger charge is 2.35. The average Bonchev–Trinajstić information content (AvgIpc) is 3.13. The van der Waals surface area contributed by atoms with Crippen molar-refractivity contribution in [3.8, 4) is 44.8 Å². The van der Waals surface area contributed by atoms with Crippen LogP contribution < -0.4 is 0 Å². The topological polar surface area (TPSA) is 25.8 Å². The summed E-state index contributed by atoms with van der Waals surface area (Å²) in [5.74, 6) is 0. The van der Waals surface area contributed by atoms with Gasteiger partial charge in [0.25, 0.3) is 0 Å². The summed E-state index contributed by atoms with van der Waals surface area (Å²) >= 11 is 0. The summed E-state index contributed by atoms with van der Waals surface area (Å²) in [4.78, 5) is 9.48. The molecule has 0 atom stereocenters. The molecule has 0 fully saturated rings. The van der Waals surface area contributed by atoms with Gasteiger partial charge in [0, 0.05) is 27.7 Å². The lowest BCUT2D eigenvalue weighted by Gasteiger charge is -2.27. The maximum Gasteiger partial charge on any atom is 0.416 e. The van der Waals surface area contributed by atoms with E-state index < -0.39 is 52.4 Å². The van der Waals surface area contributed by atoms with Crippen LogP contribution in [0.5, 0.6) is 0 Å². The highest BCUT2D eigenvalue weighted by Crippen LogP contribution is 2.42. The lowest BCUT2D eigenvalue weighted by Crippen LogP contribution is -2.23. The minimum Gasteiger partial charge on any atom is -0.251 e. The molecule has 0 aliphatic rings. The fourth-order valence-electron chi connectivity index (χ4n) is 6.01. The van der Waals surface area contributed by atoms with Gasteiger partial charge in [0.15, 0.2) is 0 Å². The second-order valence-corrected chi connectivity index (χ2v) is 13.1. The van der Waals surface area contributed by atoms with E-state index in [9.17, 15) is 52.7 Å². The lowest BCUT2D eigenvalue weighted by atomic mass is 9.82. The zero-order valence-electron chi connectivity index (χ0n) is 28.5. The second kappa shape index (κ2) is 13.9. The van der Waals surface area contributed by atoms with Crippen LogP contribution in [-0.4, -0.2) is 9.97 Å². The van der Waals surface area contributed by atoms with E-state index in [0.29, 0.717) is 0 Å². The van der Waals surface area contributed by atoms with Gasteiger partial charge < -0.3 is 0 Å². The molecule has 6 aromatic rings. The van der Waals surface area contributed by atoms with E-state index in [4.69, 9.17) is 9.97 Å². The molecule has 14 heteroatoms. The SMILES string of the molecule is CC(C)(c1ccc(-c2ccc(C(F)(F)F)cc2)c(-c2cccc(C(F)(F)F)c2)n1)c1ccc(-c2ccc(C(F)(F)F)cc2)c(-c2cccc(C(F)(F)F)c2)n1. The number of halogens is 12. The summed E-state index contributed by atoms with van der Waals surface area (Å²) in [6.45, 7) is 3.30. The molecule has 284 valence electrons. The lowest BCUT2D eigenvalue weighted by molar-refractivity contribution is -0.138. The predicted molar refractivity (Wildman–Crippen MR) is 182 cm³/mol. The first-order valence-electron chi connectivity index (χ1n) is 16.3. The van der Waals surface area contributed by atoms with Crippen molar-refractivity contribution in [3.63, 3.8) is 0 Å². The molecule has 0 bridgehead atoms. The maximum atomic E-state index is 13.8. The Morgan fingerprint density at radius 1 is 0.345 bits per heavy atom. The number of nitrogens with zero attached hydrogens (tertiary/aromatic N) is 2. The van der Waals surface area contributed by atoms with Crippen LogP contribution in [-0.2, 0) is 30.1 Å². The molecule has 0 radical (unpaired) electrons. The molecule has 2 heterocycles. The van der Waals surface area contributed by atoms with Gasteiger partial charge in [-0.25, -0.2) is 0 Å². The standard InChI is InChI=1S/C41H26F12N2/c1-37(2,33-19-17-31(23-9-13-27(14-10-23)38(42,43)44)35(54-33)25-5-3-7-29(21-25)40(48,49)50)34-20-18-32(24-11-15-28(16-12-24)39(45,46)47)36(55-34)26-6-4-8-30(22-26)41(51,52)53/h3-22H,1-2H3. The van der Waals surface area contributed by atoms with Crippen molar-refractivity contribution in [2.75, 3.05) is 0 Å². The number of benzene rings is 4. The first-order valence-corrected chi connectivity index (χ1v) is 16.3. The van der Waals surface area contributed by atoms with Crippen LogP contribution >= 0.6 is 0 Å². The van der Waals surface area contributed by atoms with Gasteiger partial charge in [0.2, 0.25) is 0 Å². The Hall–Kier alpha value is -5.66. The fraction of sp³-hybridized carbons (Fsp3) is 0.171. The van der Waals surface area contributed by atoms with E-state index in [-0.39, 0.29) is 56.2 Å². The van der Waals surface area contributed by atoms with Gasteiger partial charge >= 0.3 is 24.7 Å². The zero-order chi connectivity index (χ0) is 40.1. The summed E-state index contributed by atoms with van der Waals surface area (Å²) < 4.78 is 163. The van der Waals surface area contributed by atoms with Gasteiger partial charge in [-0.15, -0.1) is 0 Å². The Balaban J connectivity index is 1.53. The van der Waals surface area contributed by atoms with Crippen LogP contribution in [0.2, 0.25) is 0 Å². The molecule has 0 aliphatic carbocycles. The molecular weight excluding hydrogens is 748 g/mol. The molecule has 6 rings (SSSR count). The van der Waals surface area contributed by atoms with E-state index in [1.54, 1.807) is 13.8 Å². The van der Waals surface area contributed by atoms with Crippen molar-refractivity contribution in [1.29, 1.82) is 0 Å². The first-order chi connectivity index (χ1) is 25.5. The molecule has 0 aliphatic heterocycles. The summed E-state index contributed by atoms with van der Waals surface area (Å²) in [5, 5.41) is 0. The molecule has 2 nitrogen and oxygen atoms in total. The van der Waals surface area contributed by atoms with Crippen LogP contribution in [0.3, 0.4) is 0 Å². The van der Waals surface area contributed by atoms with Crippen molar-refractivity contribution >= 4 is 0 Å². The number of pyridine rings is 2. The Kier molecular flexibility index (Phi) is 9.86. The number of aromatic nitrogens is 2. The summed E-state index contributed by atoms with van der Waals surface area (Å²) in [6, 6.07) is 22.5. The Morgan fingerprint density at radius 2 is 0.673 bits per heavy atom. The Bertz CT molecular complexity index is 2170. The van der Waals surface area contributed by atoms with Gasteiger partial charge in [0.05, 0.1) is 45.0 Å². The Morgan fingerprint density at radius 3 is 0.982 bits per heavy atom. The quantitative estimate of drug-likeness (QED) is 0.158. The van der Waals surface area contributed by atoms with Crippen LogP contribution in [0.15, 0.2) is 121 Å². The average molecular weight is 775 g/mol. The van der Waals surface area contributed by atoms with E-state index in [0.717, 1.165) is 60.7 Å². The summed E-state index contributed by atoms with van der Waals surface area (Å²) in [5.41, 5.74) is -3.80. The van der Waals surface area contributed by atoms with Gasteiger partial charge in [-0.2, -0.15) is 52.7 Å². The molecule has 0 saturated carbocycles. The van der Waals surface area contributed by atoms with E-state index in [1.165, 1.54) is 60.7 Å². The third-order valence-corrected chi connectivity index (χ3v) is 9.04. The third kappa shape index (κ3) is 8.23. The van der Waals surface area contributed by atoms with Crippen molar-refractivity contribution in [2.24, 2.45) is 0 Å². The van der Waals surface area contributed by atoms with Gasteiger partial charge in [0.1, 0.15) is 0 Å². The number of hydrogen-bond donors (Lipinski definition) is 0. The first kappa shape index (κ1) is 39.0. The van der Waals surface area contributed by atoms with Gasteiger partial charge in [-0.05, 0) is 85.6 Å². The van der Waals surface area contributed by atoms with E-state index >= 15 is 0 Å². The molecule has 0 amide bonds. The second-order valence-electron chi connectivity index (χ2n) is 13.1. The molecular formula is C41H26F12N2. The van der Waals surface area contributed by atoms with Gasteiger partial charge in [-0.1, -0.05) is 60.7 Å². The molecule has 0 N–H and O–H groups in total. The van der Waals surface area contributed by atoms with Crippen molar-refractivity contribution in [3.05, 3.63) is 155 Å². The molecule has 0 spiro atoms. The highest BCUT2D eigenvalue weighted by atomic mass is 19.4. The number of hydrogen-bond acceptors (Lipinski definition) is 2. The van der Waals surface area contributed by atoms with Crippen molar-refractivity contribution in [2.45, 2.75) is 44.0 Å². The normalized spacial score (nSPS) is 12.9. The third-order valence-electron chi connectivity index (χ3n) is 9.04. The molecule has 4 aromatic carbocycles. The predicted octanol–water partition coefficient (Wildman–Crippen LogP) is 13.5. The van der Waals surface area contributed by atoms with E-state index in [1.807, 2.05) is 0 Å². The van der Waals surface area contributed by atoms with Crippen LogP contribution in [0.25, 0.3) is 44.8 Å². The molecule has 2 aromatic heterocycles. The molecule has 0 saturated heterocycles. The van der Waals surface area contributed by atoms with Crippen molar-refractivity contribution in [1.82, 2.24) is 9.97 Å². The smallest absolute Gasteiger partial charge is 0.251 e. The minimum absolute atomic E-state index is 0.00219. The minimum atomic E-state index is -4.74. The van der Waals surface area contributed by atoms with Crippen LogP contribution in [0.1, 0.15) is 47.5 Å². The molecule has 0 unspecified atom stereocenters. The highest BCUT2D eigenvalue weighted by molar-refractivity contribution is 5.83.